The van der Waals surface area contributed by atoms with E-state index in [0.29, 0.717) is 4.64 Å². The Hall–Kier alpha value is 0.793. The summed E-state index contributed by atoms with van der Waals surface area (Å²) < 4.78 is 1.32. The van der Waals surface area contributed by atoms with Crippen molar-refractivity contribution in [1.29, 1.82) is 0 Å². The molecule has 1 heterocycles. The fraction of sp³-hybridized carbons (Fsp3) is 0. The molecule has 0 bridgehead atoms. The molecule has 5 heteroatoms. The van der Waals surface area contributed by atoms with Gasteiger partial charge in [-0.3, -0.25) is 0 Å². The van der Waals surface area contributed by atoms with E-state index >= 15 is 0 Å². The first-order chi connectivity index (χ1) is 3.80. The minimum atomic E-state index is 0. The van der Waals surface area contributed by atoms with Gasteiger partial charge in [0.2, 0.25) is 0 Å². The van der Waals surface area contributed by atoms with Crippen LogP contribution in [-0.4, -0.2) is 39.5 Å². The van der Waals surface area contributed by atoms with Crippen molar-refractivity contribution in [1.82, 2.24) is 4.73 Å². The van der Waals surface area contributed by atoms with Gasteiger partial charge in [-0.25, -0.2) is 0 Å². The molecule has 0 saturated carbocycles. The summed E-state index contributed by atoms with van der Waals surface area (Å²) in [5.41, 5.74) is 0. The maximum atomic E-state index is 8.73. The smallest absolute Gasteiger partial charge is 0 e. The van der Waals surface area contributed by atoms with Crippen molar-refractivity contribution in [2.75, 3.05) is 0 Å². The van der Waals surface area contributed by atoms with E-state index in [-0.39, 0.29) is 49.0 Å². The SMILES string of the molecule is On1ccccc1=S.[NaH].[Zn]. The van der Waals surface area contributed by atoms with Gasteiger partial charge in [0.15, 0.2) is 0 Å². The average Bonchev–Trinajstić information content (AvgIpc) is 1.77. The molecule has 0 saturated heterocycles. The Morgan fingerprint density at radius 2 is 2.00 bits per heavy atom. The first kappa shape index (κ1) is 13.4. The molecule has 0 amide bonds. The van der Waals surface area contributed by atoms with Gasteiger partial charge in [0.25, 0.3) is 0 Å². The van der Waals surface area contributed by atoms with Gasteiger partial charge in [0.05, 0.1) is 0 Å². The van der Waals surface area contributed by atoms with Crippen LogP contribution in [0.4, 0.5) is 0 Å². The molecule has 1 aromatic heterocycles. The second-order valence-corrected chi connectivity index (χ2v) is 1.80. The van der Waals surface area contributed by atoms with E-state index in [9.17, 15) is 0 Å². The summed E-state index contributed by atoms with van der Waals surface area (Å²) in [5, 5.41) is 8.73. The van der Waals surface area contributed by atoms with Crippen molar-refractivity contribution in [2.45, 2.75) is 0 Å². The Labute approximate surface area is 99.3 Å². The van der Waals surface area contributed by atoms with E-state index in [1.54, 1.807) is 18.2 Å². The zero-order chi connectivity index (χ0) is 5.98. The Morgan fingerprint density at radius 1 is 1.40 bits per heavy atom. The van der Waals surface area contributed by atoms with Crippen LogP contribution in [-0.2, 0) is 19.5 Å². The van der Waals surface area contributed by atoms with Gasteiger partial charge in [-0.2, -0.15) is 4.73 Å². The zero-order valence-electron chi connectivity index (χ0n) is 4.82. The fourth-order valence-electron chi connectivity index (χ4n) is 0.419. The van der Waals surface area contributed by atoms with E-state index < -0.39 is 0 Å². The summed E-state index contributed by atoms with van der Waals surface area (Å²) in [6.07, 6.45) is 1.49. The summed E-state index contributed by atoms with van der Waals surface area (Å²) in [4.78, 5) is 0. The molecule has 1 rings (SSSR count). The summed E-state index contributed by atoms with van der Waals surface area (Å²) in [6.45, 7) is 0. The molecule has 1 aromatic rings. The normalized spacial score (nSPS) is 7.20. The number of rotatable bonds is 0. The molecular weight excluding hydrogens is 211 g/mol. The van der Waals surface area contributed by atoms with Gasteiger partial charge in [-0.15, -0.1) is 0 Å². The van der Waals surface area contributed by atoms with Gasteiger partial charge in [0.1, 0.15) is 4.64 Å². The number of pyridine rings is 1. The van der Waals surface area contributed by atoms with Crippen molar-refractivity contribution in [3.05, 3.63) is 29.0 Å². The molecule has 0 spiro atoms. The van der Waals surface area contributed by atoms with Gasteiger partial charge >= 0.3 is 29.6 Å². The quantitative estimate of drug-likeness (QED) is 0.394. The predicted molar refractivity (Wildman–Crippen MR) is 39.6 cm³/mol. The van der Waals surface area contributed by atoms with Crippen LogP contribution in [0.2, 0.25) is 0 Å². The molecule has 2 nitrogen and oxygen atoms in total. The molecule has 0 radical (unpaired) electrons. The van der Waals surface area contributed by atoms with Crippen molar-refractivity contribution < 1.29 is 24.7 Å². The molecule has 0 aromatic carbocycles. The van der Waals surface area contributed by atoms with Gasteiger partial charge in [-0.05, 0) is 12.1 Å². The van der Waals surface area contributed by atoms with Crippen LogP contribution in [0.25, 0.3) is 0 Å². The van der Waals surface area contributed by atoms with Gasteiger partial charge in [-0.1, -0.05) is 18.3 Å². The Morgan fingerprint density at radius 3 is 2.30 bits per heavy atom. The largest absolute Gasteiger partial charge is 0 e. The maximum Gasteiger partial charge on any atom is 0 e. The zero-order valence-corrected chi connectivity index (χ0v) is 8.60. The summed E-state index contributed by atoms with van der Waals surface area (Å²) in [6, 6.07) is 5.13. The van der Waals surface area contributed by atoms with Gasteiger partial charge < -0.3 is 5.21 Å². The minimum absolute atomic E-state index is 0. The van der Waals surface area contributed by atoms with E-state index in [2.05, 4.69) is 12.2 Å². The Balaban J connectivity index is 0. The Kier molecular flexibility index (Phi) is 8.70. The molecular formula is C5H6NNaOSZn. The number of hydrogen-bond acceptors (Lipinski definition) is 2. The van der Waals surface area contributed by atoms with Crippen LogP contribution in [0.3, 0.4) is 0 Å². The van der Waals surface area contributed by atoms with Crippen LogP contribution in [0.5, 0.6) is 0 Å². The van der Waals surface area contributed by atoms with Crippen molar-refractivity contribution in [3.63, 3.8) is 0 Å². The maximum absolute atomic E-state index is 8.73. The standard InChI is InChI=1S/C5H5NOS.Na.Zn.H/c7-6-4-2-1-3-5(6)8;;;/h1-4,7H;;;. The third-order valence-electron chi connectivity index (χ3n) is 0.803. The fourth-order valence-corrected chi connectivity index (χ4v) is 0.558. The van der Waals surface area contributed by atoms with Crippen molar-refractivity contribution >= 4 is 41.8 Å². The Bertz CT molecular complexity index is 239. The van der Waals surface area contributed by atoms with E-state index in [1.807, 2.05) is 0 Å². The molecule has 10 heavy (non-hydrogen) atoms. The van der Waals surface area contributed by atoms with Crippen molar-refractivity contribution in [2.24, 2.45) is 0 Å². The van der Waals surface area contributed by atoms with Crippen molar-refractivity contribution in [3.8, 4) is 0 Å². The van der Waals surface area contributed by atoms with Gasteiger partial charge in [0, 0.05) is 25.7 Å². The molecule has 1 N–H and O–H groups in total. The number of hydrogen-bond donors (Lipinski definition) is 1. The summed E-state index contributed by atoms with van der Waals surface area (Å²) >= 11 is 4.67. The van der Waals surface area contributed by atoms with Crippen LogP contribution in [0, 0.1) is 4.64 Å². The van der Waals surface area contributed by atoms with Crippen LogP contribution in [0.15, 0.2) is 24.4 Å². The average molecular weight is 217 g/mol. The molecule has 46 valence electrons. The second kappa shape index (κ2) is 6.50. The van der Waals surface area contributed by atoms with E-state index in [1.165, 1.54) is 6.20 Å². The molecule has 0 atom stereocenters. The topological polar surface area (TPSA) is 25.2 Å². The first-order valence-electron chi connectivity index (χ1n) is 2.17. The molecule has 0 aliphatic carbocycles. The van der Waals surface area contributed by atoms with E-state index in [0.717, 1.165) is 4.73 Å². The summed E-state index contributed by atoms with van der Waals surface area (Å²) in [7, 11) is 0. The molecule has 0 aliphatic heterocycles. The third-order valence-corrected chi connectivity index (χ3v) is 1.13. The monoisotopic (exact) mass is 215 g/mol. The summed E-state index contributed by atoms with van der Waals surface area (Å²) in [5.74, 6) is 0. The minimum Gasteiger partial charge on any atom is 0 e. The number of aromatic nitrogens is 1. The second-order valence-electron chi connectivity index (χ2n) is 1.38. The van der Waals surface area contributed by atoms with Crippen LogP contribution in [0.1, 0.15) is 0 Å². The third kappa shape index (κ3) is 3.84. The predicted octanol–water partition coefficient (Wildman–Crippen LogP) is 0.804. The van der Waals surface area contributed by atoms with Crippen LogP contribution >= 0.6 is 12.2 Å². The number of nitrogens with zero attached hydrogens (tertiary/aromatic N) is 1. The molecule has 0 aliphatic rings. The molecule has 0 unspecified atom stereocenters. The molecule has 0 fully saturated rings. The van der Waals surface area contributed by atoms with Crippen LogP contribution < -0.4 is 0 Å². The first-order valence-corrected chi connectivity index (χ1v) is 2.58. The van der Waals surface area contributed by atoms with E-state index in [4.69, 9.17) is 5.21 Å².